The number of aliphatic hydroxyl groups excluding tert-OH is 1. The number of likely N-dealkylation sites (N-methyl/N-ethyl adjacent to an activating group) is 1. The van der Waals surface area contributed by atoms with Crippen molar-refractivity contribution in [2.75, 3.05) is 20.2 Å². The molecule has 0 fully saturated rings. The fourth-order valence-electron chi connectivity index (χ4n) is 2.34. The van der Waals surface area contributed by atoms with Crippen LogP contribution in [-0.4, -0.2) is 49.5 Å². The SMILES string of the molecule is CCCC(C)(N)C(=O)NCc1ccccc1S(=O)(=O)N(C)CCO.Cl. The van der Waals surface area contributed by atoms with Crippen LogP contribution in [0.25, 0.3) is 0 Å². The van der Waals surface area contributed by atoms with Gasteiger partial charge >= 0.3 is 0 Å². The maximum Gasteiger partial charge on any atom is 0.243 e. The number of nitrogens with two attached hydrogens (primary N) is 1. The van der Waals surface area contributed by atoms with Gasteiger partial charge in [0.2, 0.25) is 15.9 Å². The third kappa shape index (κ3) is 6.23. The summed E-state index contributed by atoms with van der Waals surface area (Å²) in [7, 11) is -2.33. The van der Waals surface area contributed by atoms with E-state index in [-0.39, 0.29) is 42.9 Å². The Hall–Kier alpha value is -1.19. The topological polar surface area (TPSA) is 113 Å². The molecule has 0 spiro atoms. The highest BCUT2D eigenvalue weighted by atomic mass is 35.5. The van der Waals surface area contributed by atoms with Crippen molar-refractivity contribution in [1.29, 1.82) is 0 Å². The van der Waals surface area contributed by atoms with Crippen molar-refractivity contribution in [3.05, 3.63) is 29.8 Å². The minimum Gasteiger partial charge on any atom is -0.395 e. The molecule has 144 valence electrons. The summed E-state index contributed by atoms with van der Waals surface area (Å²) in [5.41, 5.74) is 5.47. The van der Waals surface area contributed by atoms with Crippen molar-refractivity contribution in [3.8, 4) is 0 Å². The number of nitrogens with zero attached hydrogens (tertiary/aromatic N) is 1. The number of amides is 1. The second-order valence-electron chi connectivity index (χ2n) is 6.01. The van der Waals surface area contributed by atoms with Crippen LogP contribution in [-0.2, 0) is 21.4 Å². The number of sulfonamides is 1. The fourth-order valence-corrected chi connectivity index (χ4v) is 3.72. The molecule has 0 saturated carbocycles. The third-order valence-electron chi connectivity index (χ3n) is 3.80. The van der Waals surface area contributed by atoms with Crippen molar-refractivity contribution in [2.24, 2.45) is 5.73 Å². The van der Waals surface area contributed by atoms with Gasteiger partial charge in [-0.2, -0.15) is 4.31 Å². The van der Waals surface area contributed by atoms with E-state index >= 15 is 0 Å². The van der Waals surface area contributed by atoms with E-state index in [9.17, 15) is 13.2 Å². The van der Waals surface area contributed by atoms with Gasteiger partial charge in [0, 0.05) is 20.1 Å². The smallest absolute Gasteiger partial charge is 0.243 e. The molecule has 25 heavy (non-hydrogen) atoms. The van der Waals surface area contributed by atoms with Crippen LogP contribution in [0.1, 0.15) is 32.3 Å². The summed E-state index contributed by atoms with van der Waals surface area (Å²) < 4.78 is 26.2. The number of carbonyl (C=O) groups is 1. The summed E-state index contributed by atoms with van der Waals surface area (Å²) >= 11 is 0. The lowest BCUT2D eigenvalue weighted by Gasteiger charge is -2.23. The normalized spacial score (nSPS) is 13.8. The lowest BCUT2D eigenvalue weighted by atomic mass is 9.96. The zero-order valence-corrected chi connectivity index (χ0v) is 16.5. The van der Waals surface area contributed by atoms with Gasteiger partial charge in [-0.15, -0.1) is 12.4 Å². The minimum absolute atomic E-state index is 0. The van der Waals surface area contributed by atoms with Crippen molar-refractivity contribution in [2.45, 2.75) is 43.7 Å². The van der Waals surface area contributed by atoms with Gasteiger partial charge in [0.15, 0.2) is 0 Å². The van der Waals surface area contributed by atoms with Crippen LogP contribution in [0.5, 0.6) is 0 Å². The first-order valence-corrected chi connectivity index (χ1v) is 9.33. The lowest BCUT2D eigenvalue weighted by molar-refractivity contribution is -0.126. The number of aliphatic hydroxyl groups is 1. The molecule has 7 nitrogen and oxygen atoms in total. The van der Waals surface area contributed by atoms with Gasteiger partial charge in [-0.3, -0.25) is 4.79 Å². The Labute approximate surface area is 156 Å². The van der Waals surface area contributed by atoms with E-state index in [0.717, 1.165) is 10.7 Å². The van der Waals surface area contributed by atoms with Crippen LogP contribution >= 0.6 is 12.4 Å². The van der Waals surface area contributed by atoms with E-state index in [0.29, 0.717) is 12.0 Å². The maximum absolute atomic E-state index is 12.6. The quantitative estimate of drug-likeness (QED) is 0.575. The number of benzene rings is 1. The second kappa shape index (κ2) is 10.1. The summed E-state index contributed by atoms with van der Waals surface area (Å²) in [6.07, 6.45) is 1.31. The van der Waals surface area contributed by atoms with Gasteiger partial charge in [-0.05, 0) is 25.0 Å². The Morgan fingerprint density at radius 3 is 2.52 bits per heavy atom. The Morgan fingerprint density at radius 1 is 1.36 bits per heavy atom. The number of halogens is 1. The molecular weight excluding hydrogens is 366 g/mol. The zero-order valence-electron chi connectivity index (χ0n) is 14.9. The van der Waals surface area contributed by atoms with Crippen LogP contribution in [0.2, 0.25) is 0 Å². The first-order chi connectivity index (χ1) is 11.2. The summed E-state index contributed by atoms with van der Waals surface area (Å²) in [6, 6.07) is 6.46. The first-order valence-electron chi connectivity index (χ1n) is 7.89. The van der Waals surface area contributed by atoms with Gasteiger partial charge in [0.1, 0.15) is 0 Å². The molecule has 1 aromatic rings. The van der Waals surface area contributed by atoms with Crippen LogP contribution in [0.3, 0.4) is 0 Å². The fraction of sp³-hybridized carbons (Fsp3) is 0.562. The highest BCUT2D eigenvalue weighted by Gasteiger charge is 2.28. The second-order valence-corrected chi connectivity index (χ2v) is 8.02. The van der Waals surface area contributed by atoms with E-state index in [1.165, 1.54) is 13.1 Å². The Balaban J connectivity index is 0.00000576. The van der Waals surface area contributed by atoms with E-state index < -0.39 is 15.6 Å². The molecule has 0 aliphatic rings. The van der Waals surface area contributed by atoms with Gasteiger partial charge in [-0.25, -0.2) is 8.42 Å². The Bertz CT molecular complexity index is 665. The minimum atomic E-state index is -3.73. The summed E-state index contributed by atoms with van der Waals surface area (Å²) in [4.78, 5) is 12.3. The Morgan fingerprint density at radius 2 is 1.96 bits per heavy atom. The molecule has 1 atom stereocenters. The lowest BCUT2D eigenvalue weighted by Crippen LogP contribution is -2.51. The Kier molecular flexibility index (Phi) is 9.60. The van der Waals surface area contributed by atoms with E-state index in [1.54, 1.807) is 25.1 Å². The van der Waals surface area contributed by atoms with E-state index in [1.807, 2.05) is 6.92 Å². The molecule has 1 unspecified atom stereocenters. The van der Waals surface area contributed by atoms with Crippen molar-refractivity contribution in [3.63, 3.8) is 0 Å². The molecular formula is C16H28ClN3O4S. The molecule has 9 heteroatoms. The predicted molar refractivity (Wildman–Crippen MR) is 99.9 cm³/mol. The molecule has 1 amide bonds. The van der Waals surface area contributed by atoms with E-state index in [4.69, 9.17) is 10.8 Å². The number of hydrogen-bond acceptors (Lipinski definition) is 5. The number of carbonyl (C=O) groups excluding carboxylic acids is 1. The molecule has 1 rings (SSSR count). The average molecular weight is 394 g/mol. The molecule has 0 aliphatic heterocycles. The zero-order chi connectivity index (χ0) is 18.4. The predicted octanol–water partition coefficient (Wildman–Crippen LogP) is 0.855. The van der Waals surface area contributed by atoms with Crippen molar-refractivity contribution >= 4 is 28.3 Å². The molecule has 1 aromatic carbocycles. The summed E-state index contributed by atoms with van der Waals surface area (Å²) in [6.45, 7) is 3.40. The standard InChI is InChI=1S/C16H27N3O4S.ClH/c1-4-9-16(2,17)15(21)18-12-13-7-5-6-8-14(13)24(22,23)19(3)10-11-20;/h5-8,20H,4,9-12,17H2,1-3H3,(H,18,21);1H. The van der Waals surface area contributed by atoms with Crippen molar-refractivity contribution in [1.82, 2.24) is 9.62 Å². The summed E-state index contributed by atoms with van der Waals surface area (Å²) in [5.74, 6) is -0.319. The van der Waals surface area contributed by atoms with Crippen LogP contribution in [0.15, 0.2) is 29.2 Å². The monoisotopic (exact) mass is 393 g/mol. The van der Waals surface area contributed by atoms with Crippen LogP contribution < -0.4 is 11.1 Å². The number of hydrogen-bond donors (Lipinski definition) is 3. The highest BCUT2D eigenvalue weighted by molar-refractivity contribution is 7.89. The molecule has 0 radical (unpaired) electrons. The first kappa shape index (κ1) is 23.8. The molecule has 4 N–H and O–H groups in total. The van der Waals surface area contributed by atoms with E-state index in [2.05, 4.69) is 5.32 Å². The molecule has 0 bridgehead atoms. The third-order valence-corrected chi connectivity index (χ3v) is 5.76. The van der Waals surface area contributed by atoms with Crippen LogP contribution in [0, 0.1) is 0 Å². The molecule has 0 heterocycles. The average Bonchev–Trinajstić information content (AvgIpc) is 2.52. The maximum atomic E-state index is 12.6. The van der Waals surface area contributed by atoms with Gasteiger partial charge < -0.3 is 16.2 Å². The summed E-state index contributed by atoms with van der Waals surface area (Å²) in [5, 5.41) is 11.7. The largest absolute Gasteiger partial charge is 0.395 e. The van der Waals surface area contributed by atoms with Gasteiger partial charge in [0.05, 0.1) is 17.0 Å². The van der Waals surface area contributed by atoms with Crippen molar-refractivity contribution < 1.29 is 18.3 Å². The highest BCUT2D eigenvalue weighted by Crippen LogP contribution is 2.19. The number of nitrogens with one attached hydrogen (secondary N) is 1. The van der Waals surface area contributed by atoms with Crippen LogP contribution in [0.4, 0.5) is 0 Å². The number of rotatable bonds is 9. The van der Waals surface area contributed by atoms with Gasteiger partial charge in [-0.1, -0.05) is 31.5 Å². The van der Waals surface area contributed by atoms with Gasteiger partial charge in [0.25, 0.3) is 0 Å². The molecule has 0 aromatic heterocycles. The molecule has 0 saturated heterocycles. The molecule has 0 aliphatic carbocycles.